The van der Waals surface area contributed by atoms with Crippen LogP contribution in [0.2, 0.25) is 0 Å². The van der Waals surface area contributed by atoms with Gasteiger partial charge < -0.3 is 10.0 Å². The summed E-state index contributed by atoms with van der Waals surface area (Å²) in [5, 5.41) is 19.8. The number of nitrogens with zero attached hydrogens (tertiary/aromatic N) is 2. The highest BCUT2D eigenvalue weighted by Crippen LogP contribution is 2.29. The van der Waals surface area contributed by atoms with Crippen molar-refractivity contribution in [2.24, 2.45) is 5.92 Å². The van der Waals surface area contributed by atoms with Crippen LogP contribution in [-0.2, 0) is 4.79 Å². The van der Waals surface area contributed by atoms with Gasteiger partial charge in [0.2, 0.25) is 0 Å². The van der Waals surface area contributed by atoms with Gasteiger partial charge in [0.25, 0.3) is 5.69 Å². The molecule has 1 aromatic carbocycles. The smallest absolute Gasteiger partial charge is 0.323 e. The molecule has 0 unspecified atom stereocenters. The van der Waals surface area contributed by atoms with E-state index >= 15 is 0 Å². The first-order chi connectivity index (χ1) is 8.81. The summed E-state index contributed by atoms with van der Waals surface area (Å²) in [4.78, 5) is 22.4. The highest BCUT2D eigenvalue weighted by Gasteiger charge is 2.22. The number of nitro benzene ring substituents is 1. The van der Waals surface area contributed by atoms with Crippen molar-refractivity contribution in [3.05, 3.63) is 34.1 Å². The number of carboxylic acid groups (broad SMARTS) is 1. The zero-order valence-electron chi connectivity index (χ0n) is 10.7. The van der Waals surface area contributed by atoms with Crippen molar-refractivity contribution in [2.75, 3.05) is 18.0 Å². The number of benzene rings is 1. The van der Waals surface area contributed by atoms with Crippen molar-refractivity contribution in [3.63, 3.8) is 0 Å². The van der Waals surface area contributed by atoms with Crippen molar-refractivity contribution >= 4 is 17.3 Å². The number of hydrogen-bond donors (Lipinski definition) is 1. The molecule has 0 saturated heterocycles. The molecule has 1 N–H and O–H groups in total. The van der Waals surface area contributed by atoms with Gasteiger partial charge in [0.1, 0.15) is 18.0 Å². The van der Waals surface area contributed by atoms with E-state index in [0.29, 0.717) is 0 Å². The van der Waals surface area contributed by atoms with E-state index in [0.717, 1.165) is 18.2 Å². The van der Waals surface area contributed by atoms with Gasteiger partial charge in [-0.1, -0.05) is 13.8 Å². The van der Waals surface area contributed by atoms with Gasteiger partial charge in [-0.2, -0.15) is 0 Å². The zero-order chi connectivity index (χ0) is 14.6. The molecule has 0 atom stereocenters. The van der Waals surface area contributed by atoms with E-state index in [1.54, 1.807) is 0 Å². The Morgan fingerprint density at radius 2 is 2.16 bits per heavy atom. The lowest BCUT2D eigenvalue weighted by Gasteiger charge is -2.24. The van der Waals surface area contributed by atoms with Crippen LogP contribution in [0.3, 0.4) is 0 Å². The maximum absolute atomic E-state index is 13.2. The molecule has 0 heterocycles. The Morgan fingerprint density at radius 3 is 2.63 bits per heavy atom. The second kappa shape index (κ2) is 6.12. The number of carbonyl (C=O) groups is 1. The van der Waals surface area contributed by atoms with Crippen LogP contribution < -0.4 is 4.90 Å². The Morgan fingerprint density at radius 1 is 1.53 bits per heavy atom. The Labute approximate surface area is 109 Å². The van der Waals surface area contributed by atoms with Gasteiger partial charge in [-0.15, -0.1) is 0 Å². The first-order valence-electron chi connectivity index (χ1n) is 5.72. The van der Waals surface area contributed by atoms with E-state index in [2.05, 4.69) is 0 Å². The van der Waals surface area contributed by atoms with Gasteiger partial charge in [0, 0.05) is 18.7 Å². The van der Waals surface area contributed by atoms with Crippen LogP contribution in [0.15, 0.2) is 18.2 Å². The number of nitro groups is 1. The summed E-state index contributed by atoms with van der Waals surface area (Å²) in [6.07, 6.45) is 0. The molecule has 0 aliphatic rings. The first kappa shape index (κ1) is 14.9. The second-order valence-electron chi connectivity index (χ2n) is 4.56. The van der Waals surface area contributed by atoms with Crippen LogP contribution >= 0.6 is 0 Å². The average Bonchev–Trinajstić information content (AvgIpc) is 2.26. The van der Waals surface area contributed by atoms with E-state index in [-0.39, 0.29) is 23.8 Å². The molecule has 1 rings (SSSR count). The summed E-state index contributed by atoms with van der Waals surface area (Å²) in [6.45, 7) is 3.57. The van der Waals surface area contributed by atoms with Crippen molar-refractivity contribution in [1.82, 2.24) is 0 Å². The largest absolute Gasteiger partial charge is 0.480 e. The fourth-order valence-corrected chi connectivity index (χ4v) is 1.76. The van der Waals surface area contributed by atoms with Gasteiger partial charge >= 0.3 is 5.97 Å². The molecule has 7 heteroatoms. The minimum absolute atomic E-state index is 0.0129. The van der Waals surface area contributed by atoms with E-state index in [9.17, 15) is 19.3 Å². The van der Waals surface area contributed by atoms with Crippen LogP contribution in [0.1, 0.15) is 13.8 Å². The van der Waals surface area contributed by atoms with E-state index in [1.165, 1.54) is 4.90 Å². The molecule has 104 valence electrons. The fourth-order valence-electron chi connectivity index (χ4n) is 1.76. The molecule has 6 nitrogen and oxygen atoms in total. The first-order valence-corrected chi connectivity index (χ1v) is 5.72. The van der Waals surface area contributed by atoms with Crippen molar-refractivity contribution in [3.8, 4) is 0 Å². The lowest BCUT2D eigenvalue weighted by molar-refractivity contribution is -0.384. The number of rotatable bonds is 6. The maximum Gasteiger partial charge on any atom is 0.323 e. The van der Waals surface area contributed by atoms with Gasteiger partial charge in [0.15, 0.2) is 0 Å². The predicted molar refractivity (Wildman–Crippen MR) is 67.7 cm³/mol. The van der Waals surface area contributed by atoms with E-state index in [1.807, 2.05) is 13.8 Å². The van der Waals surface area contributed by atoms with Crippen molar-refractivity contribution < 1.29 is 19.2 Å². The summed E-state index contributed by atoms with van der Waals surface area (Å²) in [5.41, 5.74) is -0.315. The minimum Gasteiger partial charge on any atom is -0.480 e. The van der Waals surface area contributed by atoms with Gasteiger partial charge in [-0.25, -0.2) is 4.39 Å². The number of aliphatic carboxylic acids is 1. The molecule has 0 aliphatic carbocycles. The third-order valence-electron chi connectivity index (χ3n) is 2.39. The number of carboxylic acids is 1. The highest BCUT2D eigenvalue weighted by molar-refractivity contribution is 5.76. The normalized spacial score (nSPS) is 10.5. The van der Waals surface area contributed by atoms with Crippen LogP contribution in [0, 0.1) is 21.8 Å². The van der Waals surface area contributed by atoms with E-state index < -0.39 is 23.3 Å². The molecule has 0 saturated carbocycles. The maximum atomic E-state index is 13.2. The van der Waals surface area contributed by atoms with Crippen LogP contribution in [0.5, 0.6) is 0 Å². The lowest BCUT2D eigenvalue weighted by atomic mass is 10.1. The zero-order valence-corrected chi connectivity index (χ0v) is 10.7. The molecule has 0 aromatic heterocycles. The summed E-state index contributed by atoms with van der Waals surface area (Å²) < 4.78 is 13.2. The minimum atomic E-state index is -1.13. The van der Waals surface area contributed by atoms with Gasteiger partial charge in [0.05, 0.1) is 4.92 Å². The lowest BCUT2D eigenvalue weighted by Crippen LogP contribution is -2.33. The molecular formula is C12H15FN2O4. The quantitative estimate of drug-likeness (QED) is 0.633. The standard InChI is InChI=1S/C12H15FN2O4/c1-8(2)6-14(7-12(16)17)11-5-9(13)3-4-10(11)15(18)19/h3-5,8H,6-7H2,1-2H3,(H,16,17). The van der Waals surface area contributed by atoms with Crippen LogP contribution in [0.25, 0.3) is 0 Å². The number of halogens is 1. The van der Waals surface area contributed by atoms with Crippen LogP contribution in [-0.4, -0.2) is 29.1 Å². The summed E-state index contributed by atoms with van der Waals surface area (Å²) in [6, 6.07) is 3.01. The topological polar surface area (TPSA) is 83.7 Å². The molecule has 0 aliphatic heterocycles. The number of hydrogen-bond acceptors (Lipinski definition) is 4. The molecule has 0 fully saturated rings. The third-order valence-corrected chi connectivity index (χ3v) is 2.39. The molecule has 0 bridgehead atoms. The monoisotopic (exact) mass is 270 g/mol. The Balaban J connectivity index is 3.22. The van der Waals surface area contributed by atoms with Crippen molar-refractivity contribution in [1.29, 1.82) is 0 Å². The molecule has 0 radical (unpaired) electrons. The Bertz CT molecular complexity index is 491. The third kappa shape index (κ3) is 4.20. The molecule has 0 spiro atoms. The summed E-state index contributed by atoms with van der Waals surface area (Å²) in [7, 11) is 0. The van der Waals surface area contributed by atoms with Gasteiger partial charge in [-0.05, 0) is 12.0 Å². The van der Waals surface area contributed by atoms with E-state index in [4.69, 9.17) is 5.11 Å². The molecule has 1 aromatic rings. The van der Waals surface area contributed by atoms with Crippen LogP contribution in [0.4, 0.5) is 15.8 Å². The fraction of sp³-hybridized carbons (Fsp3) is 0.417. The summed E-state index contributed by atoms with van der Waals surface area (Å²) in [5.74, 6) is -1.68. The molecule has 0 amide bonds. The number of anilines is 1. The molecule has 19 heavy (non-hydrogen) atoms. The highest BCUT2D eigenvalue weighted by atomic mass is 19.1. The van der Waals surface area contributed by atoms with Crippen molar-refractivity contribution in [2.45, 2.75) is 13.8 Å². The predicted octanol–water partition coefficient (Wildman–Crippen LogP) is 2.28. The molecular weight excluding hydrogens is 255 g/mol. The average molecular weight is 270 g/mol. The van der Waals surface area contributed by atoms with Gasteiger partial charge in [-0.3, -0.25) is 14.9 Å². The Hall–Kier alpha value is -2.18. The SMILES string of the molecule is CC(C)CN(CC(=O)O)c1cc(F)ccc1[N+](=O)[O-]. The summed E-state index contributed by atoms with van der Waals surface area (Å²) >= 11 is 0. The second-order valence-corrected chi connectivity index (χ2v) is 4.56. The Kier molecular flexibility index (Phi) is 4.80.